The third-order valence-electron chi connectivity index (χ3n) is 1.68. The van der Waals surface area contributed by atoms with E-state index < -0.39 is 11.4 Å². The third-order valence-corrected chi connectivity index (χ3v) is 1.68. The standard InChI is InChI=1S/C9H9FN2O/c1-9(2,12-6-13)8-4-3-7(10)5-11-8/h3-5H,1-2H3. The summed E-state index contributed by atoms with van der Waals surface area (Å²) in [6.07, 6.45) is 2.56. The summed E-state index contributed by atoms with van der Waals surface area (Å²) < 4.78 is 12.5. The SMILES string of the molecule is CC(C)(N=C=O)c1ccc(F)cn1. The third kappa shape index (κ3) is 2.20. The molecule has 0 aromatic carbocycles. The summed E-state index contributed by atoms with van der Waals surface area (Å²) in [6, 6.07) is 2.78. The van der Waals surface area contributed by atoms with Crippen molar-refractivity contribution in [3.05, 3.63) is 29.8 Å². The summed E-state index contributed by atoms with van der Waals surface area (Å²) >= 11 is 0. The normalized spacial score (nSPS) is 10.7. The van der Waals surface area contributed by atoms with Gasteiger partial charge < -0.3 is 0 Å². The van der Waals surface area contributed by atoms with Crippen LogP contribution in [0.4, 0.5) is 4.39 Å². The van der Waals surface area contributed by atoms with Crippen LogP contribution < -0.4 is 0 Å². The molecule has 68 valence electrons. The lowest BCUT2D eigenvalue weighted by atomic mass is 10.0. The lowest BCUT2D eigenvalue weighted by Crippen LogP contribution is -2.15. The van der Waals surface area contributed by atoms with Gasteiger partial charge in [0.25, 0.3) is 0 Å². The molecular weight excluding hydrogens is 171 g/mol. The summed E-state index contributed by atoms with van der Waals surface area (Å²) in [4.78, 5) is 17.5. The first-order chi connectivity index (χ1) is 6.06. The monoisotopic (exact) mass is 180 g/mol. The molecule has 1 aromatic rings. The molecule has 0 unspecified atom stereocenters. The van der Waals surface area contributed by atoms with E-state index in [0.717, 1.165) is 6.20 Å². The van der Waals surface area contributed by atoms with Gasteiger partial charge in [0.2, 0.25) is 6.08 Å². The highest BCUT2D eigenvalue weighted by Gasteiger charge is 2.20. The molecule has 0 bridgehead atoms. The first-order valence-corrected chi connectivity index (χ1v) is 3.77. The fraction of sp³-hybridized carbons (Fsp3) is 0.333. The molecule has 0 spiro atoms. The second-order valence-corrected chi connectivity index (χ2v) is 3.12. The van der Waals surface area contributed by atoms with Crippen LogP contribution in [0.2, 0.25) is 0 Å². The van der Waals surface area contributed by atoms with Crippen LogP contribution in [0.3, 0.4) is 0 Å². The van der Waals surface area contributed by atoms with E-state index in [1.165, 1.54) is 18.2 Å². The number of halogens is 1. The van der Waals surface area contributed by atoms with Crippen molar-refractivity contribution in [2.24, 2.45) is 4.99 Å². The number of aromatic nitrogens is 1. The van der Waals surface area contributed by atoms with Crippen LogP contribution in [0.25, 0.3) is 0 Å². The zero-order chi connectivity index (χ0) is 9.90. The van der Waals surface area contributed by atoms with Crippen molar-refractivity contribution in [1.82, 2.24) is 4.98 Å². The lowest BCUT2D eigenvalue weighted by molar-refractivity contribution is 0.509. The molecule has 0 fully saturated rings. The minimum atomic E-state index is -0.741. The molecule has 0 aliphatic heterocycles. The minimum absolute atomic E-state index is 0.408. The topological polar surface area (TPSA) is 42.3 Å². The molecule has 0 saturated heterocycles. The molecule has 1 aromatic heterocycles. The molecular formula is C9H9FN2O. The van der Waals surface area contributed by atoms with Gasteiger partial charge in [-0.3, -0.25) is 4.98 Å². The Balaban J connectivity index is 3.07. The van der Waals surface area contributed by atoms with Crippen LogP contribution in [0.5, 0.6) is 0 Å². The minimum Gasteiger partial charge on any atom is -0.256 e. The second-order valence-electron chi connectivity index (χ2n) is 3.12. The van der Waals surface area contributed by atoms with Crippen LogP contribution in [-0.2, 0) is 10.3 Å². The number of hydrogen-bond acceptors (Lipinski definition) is 3. The molecule has 0 amide bonds. The summed E-state index contributed by atoms with van der Waals surface area (Å²) in [7, 11) is 0. The maximum atomic E-state index is 12.5. The molecule has 0 N–H and O–H groups in total. The number of hydrogen-bond donors (Lipinski definition) is 0. The van der Waals surface area contributed by atoms with Gasteiger partial charge in [0, 0.05) is 0 Å². The molecule has 0 atom stereocenters. The Morgan fingerprint density at radius 3 is 2.69 bits per heavy atom. The Morgan fingerprint density at radius 2 is 2.23 bits per heavy atom. The van der Waals surface area contributed by atoms with Crippen LogP contribution >= 0.6 is 0 Å². The van der Waals surface area contributed by atoms with Gasteiger partial charge in [-0.2, -0.15) is 4.99 Å². The van der Waals surface area contributed by atoms with Gasteiger partial charge in [-0.1, -0.05) is 0 Å². The fourth-order valence-corrected chi connectivity index (χ4v) is 0.909. The van der Waals surface area contributed by atoms with E-state index in [0.29, 0.717) is 5.69 Å². The molecule has 13 heavy (non-hydrogen) atoms. The predicted molar refractivity (Wildman–Crippen MR) is 45.3 cm³/mol. The summed E-state index contributed by atoms with van der Waals surface area (Å²) in [6.45, 7) is 3.41. The maximum Gasteiger partial charge on any atom is 0.235 e. The van der Waals surface area contributed by atoms with Gasteiger partial charge in [-0.25, -0.2) is 9.18 Å². The zero-order valence-electron chi connectivity index (χ0n) is 7.41. The predicted octanol–water partition coefficient (Wildman–Crippen LogP) is 1.79. The highest BCUT2D eigenvalue weighted by atomic mass is 19.1. The molecule has 4 heteroatoms. The van der Waals surface area contributed by atoms with Crippen LogP contribution in [-0.4, -0.2) is 11.1 Å². The average Bonchev–Trinajstić information content (AvgIpc) is 2.05. The average molecular weight is 180 g/mol. The van der Waals surface area contributed by atoms with Crippen molar-refractivity contribution in [3.8, 4) is 0 Å². The van der Waals surface area contributed by atoms with Gasteiger partial charge in [0.05, 0.1) is 11.9 Å². The Morgan fingerprint density at radius 1 is 1.54 bits per heavy atom. The Bertz CT molecular complexity index is 339. The van der Waals surface area contributed by atoms with Crippen molar-refractivity contribution in [1.29, 1.82) is 0 Å². The summed E-state index contributed by atoms with van der Waals surface area (Å²) in [5.74, 6) is -0.408. The van der Waals surface area contributed by atoms with Crippen molar-refractivity contribution in [2.45, 2.75) is 19.4 Å². The highest BCUT2D eigenvalue weighted by molar-refractivity contribution is 5.36. The van der Waals surface area contributed by atoms with Gasteiger partial charge >= 0.3 is 0 Å². The van der Waals surface area contributed by atoms with Crippen LogP contribution in [0.1, 0.15) is 19.5 Å². The number of carbonyl (C=O) groups excluding carboxylic acids is 1. The van der Waals surface area contributed by atoms with Crippen molar-refractivity contribution in [3.63, 3.8) is 0 Å². The molecule has 0 radical (unpaired) electrons. The number of pyridine rings is 1. The number of isocyanates is 1. The van der Waals surface area contributed by atoms with E-state index in [1.807, 2.05) is 0 Å². The molecule has 3 nitrogen and oxygen atoms in total. The number of rotatable bonds is 2. The smallest absolute Gasteiger partial charge is 0.235 e. The largest absolute Gasteiger partial charge is 0.256 e. The van der Waals surface area contributed by atoms with E-state index in [4.69, 9.17) is 0 Å². The molecule has 0 saturated carbocycles. The van der Waals surface area contributed by atoms with E-state index in [1.54, 1.807) is 13.8 Å². The lowest BCUT2D eigenvalue weighted by Gasteiger charge is -2.15. The van der Waals surface area contributed by atoms with Crippen LogP contribution in [0.15, 0.2) is 23.3 Å². The van der Waals surface area contributed by atoms with E-state index in [2.05, 4.69) is 9.98 Å². The van der Waals surface area contributed by atoms with Gasteiger partial charge in [0.15, 0.2) is 0 Å². The van der Waals surface area contributed by atoms with Crippen LogP contribution in [0, 0.1) is 5.82 Å². The Kier molecular flexibility index (Phi) is 2.54. The van der Waals surface area contributed by atoms with Gasteiger partial charge in [-0.05, 0) is 26.0 Å². The maximum absolute atomic E-state index is 12.5. The Labute approximate surface area is 75.3 Å². The highest BCUT2D eigenvalue weighted by Crippen LogP contribution is 2.21. The van der Waals surface area contributed by atoms with Crippen molar-refractivity contribution >= 4 is 6.08 Å². The van der Waals surface area contributed by atoms with Crippen molar-refractivity contribution < 1.29 is 9.18 Å². The quantitative estimate of drug-likeness (QED) is 0.514. The first kappa shape index (κ1) is 9.55. The Hall–Kier alpha value is -1.54. The molecule has 1 rings (SSSR count). The molecule has 1 heterocycles. The fourth-order valence-electron chi connectivity index (χ4n) is 0.909. The number of aliphatic imine (C=N–C) groups is 1. The summed E-state index contributed by atoms with van der Waals surface area (Å²) in [5.41, 5.74) is -0.202. The second kappa shape index (κ2) is 3.46. The summed E-state index contributed by atoms with van der Waals surface area (Å²) in [5, 5.41) is 0. The van der Waals surface area contributed by atoms with Crippen molar-refractivity contribution in [2.75, 3.05) is 0 Å². The van der Waals surface area contributed by atoms with E-state index in [-0.39, 0.29) is 0 Å². The van der Waals surface area contributed by atoms with E-state index >= 15 is 0 Å². The van der Waals surface area contributed by atoms with Gasteiger partial charge in [0.1, 0.15) is 11.4 Å². The number of nitrogens with zero attached hydrogens (tertiary/aromatic N) is 2. The molecule has 0 aliphatic rings. The first-order valence-electron chi connectivity index (χ1n) is 3.77. The zero-order valence-corrected chi connectivity index (χ0v) is 7.41. The van der Waals surface area contributed by atoms with E-state index in [9.17, 15) is 9.18 Å². The van der Waals surface area contributed by atoms with Gasteiger partial charge in [-0.15, -0.1) is 0 Å². The molecule has 0 aliphatic carbocycles.